The average Bonchev–Trinajstić information content (AvgIpc) is 2.46. The molecule has 1 rings (SSSR count). The summed E-state index contributed by atoms with van der Waals surface area (Å²) in [6, 6.07) is 0.966. The molecule has 0 bridgehead atoms. The average molecular weight is 199 g/mol. The molecule has 3 atom stereocenters. The summed E-state index contributed by atoms with van der Waals surface area (Å²) in [6.45, 7) is 4.58. The molecule has 0 aromatic heterocycles. The highest BCUT2D eigenvalue weighted by Gasteiger charge is 2.29. The van der Waals surface area contributed by atoms with Crippen molar-refractivity contribution in [1.29, 1.82) is 0 Å². The van der Waals surface area contributed by atoms with E-state index < -0.39 is 0 Å². The summed E-state index contributed by atoms with van der Waals surface area (Å²) in [4.78, 5) is 4.76. The quantitative estimate of drug-likeness (QED) is 0.720. The number of nitrogens with zero attached hydrogens (tertiary/aromatic N) is 2. The van der Waals surface area contributed by atoms with Gasteiger partial charge in [-0.2, -0.15) is 0 Å². The predicted molar refractivity (Wildman–Crippen MR) is 61.3 cm³/mol. The van der Waals surface area contributed by atoms with E-state index in [1.165, 1.54) is 19.5 Å². The normalized spacial score (nSPS) is 28.3. The van der Waals surface area contributed by atoms with Gasteiger partial charge in [0.2, 0.25) is 0 Å². The fourth-order valence-corrected chi connectivity index (χ4v) is 2.49. The van der Waals surface area contributed by atoms with Crippen LogP contribution in [0.5, 0.6) is 0 Å². The number of hydrogen-bond acceptors (Lipinski definition) is 3. The van der Waals surface area contributed by atoms with Gasteiger partial charge in [0.05, 0.1) is 0 Å². The summed E-state index contributed by atoms with van der Waals surface area (Å²) in [7, 11) is 6.55. The molecule has 0 spiro atoms. The molecule has 1 aliphatic heterocycles. The van der Waals surface area contributed by atoms with Crippen LogP contribution in [0.2, 0.25) is 0 Å². The van der Waals surface area contributed by atoms with E-state index >= 15 is 0 Å². The zero-order valence-corrected chi connectivity index (χ0v) is 10.0. The molecule has 1 heterocycles. The van der Waals surface area contributed by atoms with Crippen molar-refractivity contribution in [2.24, 2.45) is 11.7 Å². The lowest BCUT2D eigenvalue weighted by Crippen LogP contribution is -2.40. The minimum absolute atomic E-state index is 0.313. The summed E-state index contributed by atoms with van der Waals surface area (Å²) in [5.74, 6) is 0.806. The minimum atomic E-state index is 0.313. The predicted octanol–water partition coefficient (Wildman–Crippen LogP) is 0.606. The van der Waals surface area contributed by atoms with E-state index in [1.807, 2.05) is 0 Å². The number of rotatable bonds is 4. The van der Waals surface area contributed by atoms with Crippen LogP contribution in [0.4, 0.5) is 0 Å². The molecule has 1 fully saturated rings. The minimum Gasteiger partial charge on any atom is -0.328 e. The van der Waals surface area contributed by atoms with Gasteiger partial charge >= 0.3 is 0 Å². The van der Waals surface area contributed by atoms with Gasteiger partial charge in [-0.3, -0.25) is 0 Å². The summed E-state index contributed by atoms with van der Waals surface area (Å²) >= 11 is 0. The SMILES string of the molecule is CC(N)CC(C1CCN(C)C1)N(C)C. The molecule has 0 aromatic carbocycles. The lowest BCUT2D eigenvalue weighted by molar-refractivity contribution is 0.191. The molecule has 0 radical (unpaired) electrons. The second-order valence-electron chi connectivity index (χ2n) is 5.05. The summed E-state index contributed by atoms with van der Waals surface area (Å²) in [6.07, 6.45) is 2.44. The molecule has 1 aliphatic rings. The lowest BCUT2D eigenvalue weighted by atomic mass is 9.93. The molecule has 84 valence electrons. The number of nitrogens with two attached hydrogens (primary N) is 1. The molecule has 14 heavy (non-hydrogen) atoms. The molecule has 0 aliphatic carbocycles. The molecule has 3 heteroatoms. The van der Waals surface area contributed by atoms with Crippen molar-refractivity contribution in [3.8, 4) is 0 Å². The van der Waals surface area contributed by atoms with Crippen molar-refractivity contribution in [3.63, 3.8) is 0 Å². The Bertz CT molecular complexity index is 168. The van der Waals surface area contributed by atoms with Crippen LogP contribution in [0.3, 0.4) is 0 Å². The Morgan fingerprint density at radius 1 is 1.50 bits per heavy atom. The topological polar surface area (TPSA) is 32.5 Å². The van der Waals surface area contributed by atoms with Gasteiger partial charge in [-0.15, -0.1) is 0 Å². The van der Waals surface area contributed by atoms with Crippen LogP contribution in [-0.2, 0) is 0 Å². The Labute approximate surface area is 88.2 Å². The van der Waals surface area contributed by atoms with Crippen LogP contribution in [0.25, 0.3) is 0 Å². The van der Waals surface area contributed by atoms with Crippen LogP contribution in [-0.4, -0.2) is 56.1 Å². The van der Waals surface area contributed by atoms with E-state index in [2.05, 4.69) is 37.9 Å². The molecule has 3 nitrogen and oxygen atoms in total. The van der Waals surface area contributed by atoms with Gasteiger partial charge in [0.25, 0.3) is 0 Å². The zero-order chi connectivity index (χ0) is 10.7. The summed E-state index contributed by atoms with van der Waals surface area (Å²) in [5.41, 5.74) is 5.89. The van der Waals surface area contributed by atoms with E-state index in [0.29, 0.717) is 12.1 Å². The van der Waals surface area contributed by atoms with Crippen LogP contribution < -0.4 is 5.73 Å². The third-order valence-corrected chi connectivity index (χ3v) is 3.25. The van der Waals surface area contributed by atoms with Crippen molar-refractivity contribution >= 4 is 0 Å². The van der Waals surface area contributed by atoms with Gasteiger partial charge in [0.15, 0.2) is 0 Å². The summed E-state index contributed by atoms with van der Waals surface area (Å²) in [5, 5.41) is 0. The number of hydrogen-bond donors (Lipinski definition) is 1. The zero-order valence-electron chi connectivity index (χ0n) is 10.0. The van der Waals surface area contributed by atoms with Crippen LogP contribution in [0.15, 0.2) is 0 Å². The van der Waals surface area contributed by atoms with Crippen molar-refractivity contribution in [2.75, 3.05) is 34.2 Å². The van der Waals surface area contributed by atoms with Crippen molar-refractivity contribution in [3.05, 3.63) is 0 Å². The second-order valence-corrected chi connectivity index (χ2v) is 5.05. The molecular formula is C11H25N3. The van der Waals surface area contributed by atoms with E-state index in [0.717, 1.165) is 12.3 Å². The van der Waals surface area contributed by atoms with E-state index in [4.69, 9.17) is 5.73 Å². The first kappa shape index (κ1) is 12.0. The Hall–Kier alpha value is -0.120. The molecular weight excluding hydrogens is 174 g/mol. The first-order chi connectivity index (χ1) is 6.50. The highest BCUT2D eigenvalue weighted by molar-refractivity contribution is 4.85. The van der Waals surface area contributed by atoms with Crippen molar-refractivity contribution < 1.29 is 0 Å². The van der Waals surface area contributed by atoms with Crippen LogP contribution in [0, 0.1) is 5.92 Å². The van der Waals surface area contributed by atoms with Crippen LogP contribution in [0.1, 0.15) is 19.8 Å². The first-order valence-electron chi connectivity index (χ1n) is 5.61. The van der Waals surface area contributed by atoms with Gasteiger partial charge in [0, 0.05) is 18.6 Å². The standard InChI is InChI=1S/C11H25N3/c1-9(12)7-11(13(2)3)10-5-6-14(4)8-10/h9-11H,5-8,12H2,1-4H3. The largest absolute Gasteiger partial charge is 0.328 e. The van der Waals surface area contributed by atoms with Gasteiger partial charge in [-0.05, 0) is 53.4 Å². The fraction of sp³-hybridized carbons (Fsp3) is 1.00. The van der Waals surface area contributed by atoms with E-state index in [1.54, 1.807) is 0 Å². The maximum absolute atomic E-state index is 5.89. The molecule has 1 saturated heterocycles. The Morgan fingerprint density at radius 3 is 2.50 bits per heavy atom. The smallest absolute Gasteiger partial charge is 0.0145 e. The fourth-order valence-electron chi connectivity index (χ4n) is 2.49. The molecule has 0 saturated carbocycles. The maximum Gasteiger partial charge on any atom is 0.0145 e. The monoisotopic (exact) mass is 199 g/mol. The summed E-state index contributed by atoms with van der Waals surface area (Å²) < 4.78 is 0. The highest BCUT2D eigenvalue weighted by Crippen LogP contribution is 2.23. The van der Waals surface area contributed by atoms with E-state index in [-0.39, 0.29) is 0 Å². The third-order valence-electron chi connectivity index (χ3n) is 3.25. The Balaban J connectivity index is 2.50. The Morgan fingerprint density at radius 2 is 2.14 bits per heavy atom. The molecule has 0 aromatic rings. The molecule has 3 unspecified atom stereocenters. The van der Waals surface area contributed by atoms with E-state index in [9.17, 15) is 0 Å². The van der Waals surface area contributed by atoms with Crippen molar-refractivity contribution in [1.82, 2.24) is 9.80 Å². The van der Waals surface area contributed by atoms with Crippen LogP contribution >= 0.6 is 0 Å². The lowest BCUT2D eigenvalue weighted by Gasteiger charge is -2.31. The van der Waals surface area contributed by atoms with Gasteiger partial charge in [0.1, 0.15) is 0 Å². The van der Waals surface area contributed by atoms with Gasteiger partial charge < -0.3 is 15.5 Å². The van der Waals surface area contributed by atoms with Crippen molar-refractivity contribution in [2.45, 2.75) is 31.8 Å². The number of likely N-dealkylation sites (tertiary alicyclic amines) is 1. The van der Waals surface area contributed by atoms with Gasteiger partial charge in [-0.1, -0.05) is 0 Å². The van der Waals surface area contributed by atoms with Gasteiger partial charge in [-0.25, -0.2) is 0 Å². The first-order valence-corrected chi connectivity index (χ1v) is 5.61. The Kier molecular flexibility index (Phi) is 4.35. The third kappa shape index (κ3) is 3.23. The maximum atomic E-state index is 5.89. The molecule has 2 N–H and O–H groups in total. The molecule has 0 amide bonds. The highest BCUT2D eigenvalue weighted by atomic mass is 15.2. The second kappa shape index (κ2) is 5.10.